The van der Waals surface area contributed by atoms with Crippen molar-refractivity contribution in [1.29, 1.82) is 0 Å². The number of benzene rings is 1. The Bertz CT molecular complexity index is 573. The number of hydrogen-bond acceptors (Lipinski definition) is 3. The van der Waals surface area contributed by atoms with Gasteiger partial charge in [-0.25, -0.2) is 17.9 Å². The molecule has 7 heteroatoms. The lowest BCUT2D eigenvalue weighted by Gasteiger charge is -2.08. The van der Waals surface area contributed by atoms with Gasteiger partial charge in [0.15, 0.2) is 0 Å². The van der Waals surface area contributed by atoms with Gasteiger partial charge in [0.1, 0.15) is 5.82 Å². The van der Waals surface area contributed by atoms with E-state index in [0.717, 1.165) is 43.9 Å². The molecular weight excluding hydrogens is 283 g/mol. The molecule has 1 amide bonds. The lowest BCUT2D eigenvalue weighted by atomic mass is 10.1. The van der Waals surface area contributed by atoms with Gasteiger partial charge in [0.2, 0.25) is 15.9 Å². The Morgan fingerprint density at radius 2 is 2.00 bits per heavy atom. The molecule has 0 spiro atoms. The Balaban J connectivity index is 2.69. The number of anilines is 1. The second-order valence-corrected chi connectivity index (χ2v) is 6.11. The van der Waals surface area contributed by atoms with Crippen molar-refractivity contribution in [3.8, 4) is 0 Å². The molecule has 0 aromatic heterocycles. The van der Waals surface area contributed by atoms with Crippen LogP contribution in [0.5, 0.6) is 0 Å². The predicted molar refractivity (Wildman–Crippen MR) is 75.2 cm³/mol. The van der Waals surface area contributed by atoms with E-state index < -0.39 is 15.8 Å². The first-order valence-corrected chi connectivity index (χ1v) is 8.01. The minimum atomic E-state index is -3.92. The number of rotatable bonds is 7. The first kappa shape index (κ1) is 16.6. The highest BCUT2D eigenvalue weighted by atomic mass is 32.2. The molecule has 0 unspecified atom stereocenters. The molecule has 1 rings (SSSR count). The van der Waals surface area contributed by atoms with Crippen LogP contribution in [-0.2, 0) is 14.8 Å². The molecule has 1 aromatic carbocycles. The third-order valence-corrected chi connectivity index (χ3v) is 3.71. The van der Waals surface area contributed by atoms with Crippen LogP contribution in [0.25, 0.3) is 0 Å². The maximum Gasteiger partial charge on any atom is 0.238 e. The zero-order valence-corrected chi connectivity index (χ0v) is 12.2. The van der Waals surface area contributed by atoms with E-state index in [-0.39, 0.29) is 22.9 Å². The molecule has 0 heterocycles. The molecule has 0 aliphatic carbocycles. The Kier molecular flexibility index (Phi) is 6.09. The Hall–Kier alpha value is -1.47. The molecule has 0 bridgehead atoms. The number of unbranched alkanes of at least 4 members (excludes halogenated alkanes) is 3. The van der Waals surface area contributed by atoms with Crippen LogP contribution >= 0.6 is 0 Å². The van der Waals surface area contributed by atoms with Crippen LogP contribution in [0, 0.1) is 5.82 Å². The second kappa shape index (κ2) is 7.35. The number of carbonyl (C=O) groups excluding carboxylic acids is 1. The SMILES string of the molecule is CCCCCCC(=O)Nc1cc(S(N)(=O)=O)ccc1F. The summed E-state index contributed by atoms with van der Waals surface area (Å²) in [6.45, 7) is 2.06. The lowest BCUT2D eigenvalue weighted by molar-refractivity contribution is -0.116. The van der Waals surface area contributed by atoms with Crippen LogP contribution in [0.15, 0.2) is 23.1 Å². The van der Waals surface area contributed by atoms with Crippen molar-refractivity contribution >= 4 is 21.6 Å². The van der Waals surface area contributed by atoms with Crippen LogP contribution in [0.3, 0.4) is 0 Å². The van der Waals surface area contributed by atoms with Gasteiger partial charge in [-0.1, -0.05) is 26.2 Å². The first-order valence-electron chi connectivity index (χ1n) is 6.46. The fraction of sp³-hybridized carbons (Fsp3) is 0.462. The van der Waals surface area contributed by atoms with E-state index in [0.29, 0.717) is 0 Å². The molecule has 5 nitrogen and oxygen atoms in total. The zero-order valence-electron chi connectivity index (χ0n) is 11.4. The van der Waals surface area contributed by atoms with E-state index in [4.69, 9.17) is 5.14 Å². The van der Waals surface area contributed by atoms with E-state index >= 15 is 0 Å². The fourth-order valence-corrected chi connectivity index (χ4v) is 2.24. The number of carbonyl (C=O) groups is 1. The quantitative estimate of drug-likeness (QED) is 0.758. The third-order valence-electron chi connectivity index (χ3n) is 2.80. The summed E-state index contributed by atoms with van der Waals surface area (Å²) >= 11 is 0. The molecule has 0 saturated carbocycles. The highest BCUT2D eigenvalue weighted by Gasteiger charge is 2.13. The van der Waals surface area contributed by atoms with E-state index in [9.17, 15) is 17.6 Å². The fourth-order valence-electron chi connectivity index (χ4n) is 1.70. The summed E-state index contributed by atoms with van der Waals surface area (Å²) in [5.74, 6) is -1.04. The standard InChI is InChI=1S/C13H19FN2O3S/c1-2-3-4-5-6-13(17)16-12-9-10(20(15,18)19)7-8-11(12)14/h7-9H,2-6H2,1H3,(H,16,17)(H2,15,18,19). The van der Waals surface area contributed by atoms with Gasteiger partial charge in [-0.05, 0) is 24.6 Å². The molecule has 20 heavy (non-hydrogen) atoms. The van der Waals surface area contributed by atoms with Crippen LogP contribution in [0.2, 0.25) is 0 Å². The molecule has 0 radical (unpaired) electrons. The molecule has 1 aromatic rings. The van der Waals surface area contributed by atoms with Crippen molar-refractivity contribution in [2.75, 3.05) is 5.32 Å². The molecule has 0 aliphatic rings. The number of nitrogens with one attached hydrogen (secondary N) is 1. The van der Waals surface area contributed by atoms with Crippen LogP contribution < -0.4 is 10.5 Å². The molecule has 3 N–H and O–H groups in total. The average molecular weight is 302 g/mol. The van der Waals surface area contributed by atoms with Gasteiger partial charge in [-0.2, -0.15) is 0 Å². The van der Waals surface area contributed by atoms with E-state index in [2.05, 4.69) is 12.2 Å². The summed E-state index contributed by atoms with van der Waals surface area (Å²) in [5, 5.41) is 7.32. The van der Waals surface area contributed by atoms with Gasteiger partial charge in [-0.3, -0.25) is 4.79 Å². The maximum absolute atomic E-state index is 13.5. The van der Waals surface area contributed by atoms with Gasteiger partial charge in [0, 0.05) is 6.42 Å². The van der Waals surface area contributed by atoms with Crippen molar-refractivity contribution in [2.45, 2.75) is 43.9 Å². The Labute approximate surface area is 118 Å². The summed E-state index contributed by atoms with van der Waals surface area (Å²) in [6, 6.07) is 3.04. The molecule has 0 atom stereocenters. The van der Waals surface area contributed by atoms with Crippen LogP contribution in [0.4, 0.5) is 10.1 Å². The highest BCUT2D eigenvalue weighted by Crippen LogP contribution is 2.19. The Morgan fingerprint density at radius 3 is 2.60 bits per heavy atom. The average Bonchev–Trinajstić information content (AvgIpc) is 2.36. The maximum atomic E-state index is 13.5. The monoisotopic (exact) mass is 302 g/mol. The first-order chi connectivity index (χ1) is 9.34. The number of primary sulfonamides is 1. The van der Waals surface area contributed by atoms with E-state index in [1.165, 1.54) is 0 Å². The summed E-state index contributed by atoms with van der Waals surface area (Å²) < 4.78 is 35.8. The number of amides is 1. The highest BCUT2D eigenvalue weighted by molar-refractivity contribution is 7.89. The summed E-state index contributed by atoms with van der Waals surface area (Å²) in [5.41, 5.74) is -0.169. The van der Waals surface area contributed by atoms with Gasteiger partial charge in [0.05, 0.1) is 10.6 Å². The number of nitrogens with two attached hydrogens (primary N) is 1. The smallest absolute Gasteiger partial charge is 0.238 e. The third kappa shape index (κ3) is 5.26. The van der Waals surface area contributed by atoms with E-state index in [1.54, 1.807) is 0 Å². The summed E-state index contributed by atoms with van der Waals surface area (Å²) in [7, 11) is -3.92. The zero-order chi connectivity index (χ0) is 15.2. The van der Waals surface area contributed by atoms with Crippen LogP contribution in [0.1, 0.15) is 39.0 Å². The second-order valence-electron chi connectivity index (χ2n) is 4.55. The molecule has 112 valence electrons. The van der Waals surface area contributed by atoms with Gasteiger partial charge >= 0.3 is 0 Å². The summed E-state index contributed by atoms with van der Waals surface area (Å²) in [6.07, 6.45) is 4.04. The minimum Gasteiger partial charge on any atom is -0.324 e. The molecular formula is C13H19FN2O3S. The lowest BCUT2D eigenvalue weighted by Crippen LogP contribution is -2.15. The molecule has 0 saturated heterocycles. The van der Waals surface area contributed by atoms with Gasteiger partial charge in [0.25, 0.3) is 0 Å². The normalized spacial score (nSPS) is 11.3. The number of halogens is 1. The number of sulfonamides is 1. The van der Waals surface area contributed by atoms with Gasteiger partial charge in [-0.15, -0.1) is 0 Å². The van der Waals surface area contributed by atoms with Crippen molar-refractivity contribution in [2.24, 2.45) is 5.14 Å². The minimum absolute atomic E-state index is 0.169. The topological polar surface area (TPSA) is 89.3 Å². The van der Waals surface area contributed by atoms with Crippen molar-refractivity contribution in [3.05, 3.63) is 24.0 Å². The van der Waals surface area contributed by atoms with Crippen molar-refractivity contribution in [3.63, 3.8) is 0 Å². The van der Waals surface area contributed by atoms with Crippen molar-refractivity contribution < 1.29 is 17.6 Å². The largest absolute Gasteiger partial charge is 0.324 e. The summed E-state index contributed by atoms with van der Waals surface area (Å²) in [4.78, 5) is 11.4. The van der Waals surface area contributed by atoms with Crippen LogP contribution in [-0.4, -0.2) is 14.3 Å². The van der Waals surface area contributed by atoms with E-state index in [1.807, 2.05) is 0 Å². The Morgan fingerprint density at radius 1 is 1.30 bits per heavy atom. The molecule has 0 fully saturated rings. The predicted octanol–water partition coefficient (Wildman–Crippen LogP) is 2.38. The van der Waals surface area contributed by atoms with Gasteiger partial charge < -0.3 is 5.32 Å². The number of hydrogen-bond donors (Lipinski definition) is 2. The van der Waals surface area contributed by atoms with Crippen molar-refractivity contribution in [1.82, 2.24) is 0 Å². The molecule has 0 aliphatic heterocycles.